The first-order chi connectivity index (χ1) is 15.8. The molecule has 1 aliphatic rings. The number of carbonyl (C=O) groups is 2. The molecule has 0 radical (unpaired) electrons. The van der Waals surface area contributed by atoms with E-state index in [2.05, 4.69) is 5.32 Å². The summed E-state index contributed by atoms with van der Waals surface area (Å²) in [5.74, 6) is -3.22. The van der Waals surface area contributed by atoms with Gasteiger partial charge in [0.25, 0.3) is 17.5 Å². The molecule has 2 amide bonds. The molecule has 8 nitrogen and oxygen atoms in total. The lowest BCUT2D eigenvalue weighted by Crippen LogP contribution is -2.33. The summed E-state index contributed by atoms with van der Waals surface area (Å²) in [4.78, 5) is 37.5. The smallest absolute Gasteiger partial charge is 0.282 e. The van der Waals surface area contributed by atoms with Crippen LogP contribution in [-0.4, -0.2) is 23.8 Å². The zero-order valence-electron chi connectivity index (χ0n) is 17.0. The van der Waals surface area contributed by atoms with Gasteiger partial charge in [0, 0.05) is 30.0 Å². The predicted molar refractivity (Wildman–Crippen MR) is 115 cm³/mol. The van der Waals surface area contributed by atoms with Crippen molar-refractivity contribution in [3.8, 4) is 5.75 Å². The summed E-state index contributed by atoms with van der Waals surface area (Å²) >= 11 is 0. The Morgan fingerprint density at radius 1 is 0.970 bits per heavy atom. The molecule has 0 saturated heterocycles. The number of amides is 2. The molecule has 0 bridgehead atoms. The second-order valence-electron chi connectivity index (χ2n) is 6.95. The first-order valence-corrected chi connectivity index (χ1v) is 9.54. The van der Waals surface area contributed by atoms with E-state index in [1.54, 1.807) is 24.3 Å². The highest BCUT2D eigenvalue weighted by Crippen LogP contribution is 2.35. The number of halogens is 2. The first-order valence-electron chi connectivity index (χ1n) is 9.54. The van der Waals surface area contributed by atoms with Crippen molar-refractivity contribution in [3.63, 3.8) is 0 Å². The summed E-state index contributed by atoms with van der Waals surface area (Å²) in [6.07, 6.45) is 0. The molecular formula is C23H15F2N3O5. The molecule has 3 aromatic rings. The first kappa shape index (κ1) is 21.6. The van der Waals surface area contributed by atoms with E-state index < -0.39 is 34.1 Å². The monoisotopic (exact) mass is 451 g/mol. The number of rotatable bonds is 6. The summed E-state index contributed by atoms with van der Waals surface area (Å²) in [6.45, 7) is 0. The van der Waals surface area contributed by atoms with Crippen molar-refractivity contribution in [2.75, 3.05) is 17.3 Å². The third-order valence-electron chi connectivity index (χ3n) is 4.94. The highest BCUT2D eigenvalue weighted by Gasteiger charge is 2.41. The Balaban J connectivity index is 1.83. The van der Waals surface area contributed by atoms with Crippen LogP contribution in [0.1, 0.15) is 5.56 Å². The lowest BCUT2D eigenvalue weighted by atomic mass is 10.0. The van der Waals surface area contributed by atoms with Crippen molar-refractivity contribution in [1.82, 2.24) is 0 Å². The molecule has 0 fully saturated rings. The Morgan fingerprint density at radius 2 is 1.70 bits per heavy atom. The molecule has 1 heterocycles. The second kappa shape index (κ2) is 8.50. The number of imide groups is 1. The van der Waals surface area contributed by atoms with Gasteiger partial charge in [-0.05, 0) is 42.0 Å². The highest BCUT2D eigenvalue weighted by atomic mass is 19.1. The quantitative estimate of drug-likeness (QED) is 0.341. The van der Waals surface area contributed by atoms with Gasteiger partial charge in [-0.15, -0.1) is 0 Å². The topological polar surface area (TPSA) is 102 Å². The molecule has 166 valence electrons. The van der Waals surface area contributed by atoms with E-state index in [9.17, 15) is 28.5 Å². The van der Waals surface area contributed by atoms with Crippen LogP contribution in [0.2, 0.25) is 0 Å². The number of hydrogen-bond acceptors (Lipinski definition) is 6. The van der Waals surface area contributed by atoms with E-state index in [1.165, 1.54) is 31.4 Å². The number of carbonyl (C=O) groups excluding carboxylic acids is 2. The summed E-state index contributed by atoms with van der Waals surface area (Å²) in [7, 11) is 1.46. The maximum atomic E-state index is 14.5. The Labute approximate surface area is 185 Å². The normalized spacial score (nSPS) is 13.5. The number of ether oxygens (including phenoxy) is 1. The van der Waals surface area contributed by atoms with Crippen LogP contribution in [0.25, 0.3) is 5.57 Å². The molecule has 0 atom stereocenters. The molecular weight excluding hydrogens is 436 g/mol. The summed E-state index contributed by atoms with van der Waals surface area (Å²) in [6, 6.07) is 14.0. The summed E-state index contributed by atoms with van der Waals surface area (Å²) < 4.78 is 33.0. The van der Waals surface area contributed by atoms with Crippen LogP contribution in [-0.2, 0) is 9.59 Å². The lowest BCUT2D eigenvalue weighted by Gasteiger charge is -2.16. The van der Waals surface area contributed by atoms with E-state index in [0.29, 0.717) is 22.4 Å². The van der Waals surface area contributed by atoms with Gasteiger partial charge >= 0.3 is 0 Å². The largest absolute Gasteiger partial charge is 0.497 e. The molecule has 0 aromatic heterocycles. The van der Waals surface area contributed by atoms with Gasteiger partial charge in [-0.3, -0.25) is 19.7 Å². The van der Waals surface area contributed by atoms with Crippen molar-refractivity contribution in [2.45, 2.75) is 0 Å². The van der Waals surface area contributed by atoms with Gasteiger partial charge in [0.05, 0.1) is 23.3 Å². The standard InChI is InChI=1S/C23H15F2N3O5/c1-33-17-4-2-3-15(12-17)26-21-20(13-5-8-16(9-6-13)28(31)32)22(29)27(23(21)30)19-10-7-14(24)11-18(19)25/h2-12,26H,1H3. The lowest BCUT2D eigenvalue weighted by molar-refractivity contribution is -0.384. The molecule has 33 heavy (non-hydrogen) atoms. The van der Waals surface area contributed by atoms with Crippen LogP contribution in [0.3, 0.4) is 0 Å². The average Bonchev–Trinajstić information content (AvgIpc) is 3.03. The van der Waals surface area contributed by atoms with Crippen molar-refractivity contribution in [3.05, 3.63) is 99.7 Å². The molecule has 0 unspecified atom stereocenters. The van der Waals surface area contributed by atoms with E-state index in [-0.39, 0.29) is 22.5 Å². The van der Waals surface area contributed by atoms with E-state index in [4.69, 9.17) is 4.74 Å². The Bertz CT molecular complexity index is 1320. The van der Waals surface area contributed by atoms with Crippen molar-refractivity contribution >= 4 is 34.4 Å². The van der Waals surface area contributed by atoms with Crippen molar-refractivity contribution in [2.24, 2.45) is 0 Å². The van der Waals surface area contributed by atoms with Crippen LogP contribution in [0.4, 0.5) is 25.8 Å². The number of nitro benzene ring substituents is 1. The molecule has 3 aromatic carbocycles. The Morgan fingerprint density at radius 3 is 2.33 bits per heavy atom. The maximum absolute atomic E-state index is 14.5. The zero-order valence-corrected chi connectivity index (χ0v) is 17.0. The minimum absolute atomic E-state index is 0.124. The fraction of sp³-hybridized carbons (Fsp3) is 0.0435. The molecule has 10 heteroatoms. The molecule has 1 aliphatic heterocycles. The number of methoxy groups -OCH3 is 1. The molecule has 1 N–H and O–H groups in total. The number of nitro groups is 1. The Hall–Kier alpha value is -4.60. The number of hydrogen-bond donors (Lipinski definition) is 1. The van der Waals surface area contributed by atoms with Crippen LogP contribution in [0.5, 0.6) is 5.75 Å². The number of benzene rings is 3. The predicted octanol–water partition coefficient (Wildman–Crippen LogP) is 4.28. The minimum Gasteiger partial charge on any atom is -0.497 e. The minimum atomic E-state index is -1.10. The van der Waals surface area contributed by atoms with E-state index in [1.807, 2.05) is 0 Å². The van der Waals surface area contributed by atoms with E-state index in [0.717, 1.165) is 12.1 Å². The fourth-order valence-electron chi connectivity index (χ4n) is 3.39. The highest BCUT2D eigenvalue weighted by molar-refractivity contribution is 6.46. The number of nitrogens with one attached hydrogen (secondary N) is 1. The maximum Gasteiger partial charge on any atom is 0.282 e. The number of anilines is 2. The van der Waals surface area contributed by atoms with Crippen LogP contribution >= 0.6 is 0 Å². The van der Waals surface area contributed by atoms with Gasteiger partial charge in [-0.25, -0.2) is 13.7 Å². The fourth-order valence-corrected chi connectivity index (χ4v) is 3.39. The van der Waals surface area contributed by atoms with Gasteiger partial charge in [-0.2, -0.15) is 0 Å². The average molecular weight is 451 g/mol. The van der Waals surface area contributed by atoms with Gasteiger partial charge < -0.3 is 10.1 Å². The van der Waals surface area contributed by atoms with Gasteiger partial charge in [0.2, 0.25) is 0 Å². The third kappa shape index (κ3) is 4.01. The van der Waals surface area contributed by atoms with Gasteiger partial charge in [-0.1, -0.05) is 6.07 Å². The molecule has 0 spiro atoms. The van der Waals surface area contributed by atoms with E-state index >= 15 is 0 Å². The van der Waals surface area contributed by atoms with Crippen molar-refractivity contribution < 1.29 is 28.0 Å². The van der Waals surface area contributed by atoms with Gasteiger partial charge in [0.15, 0.2) is 0 Å². The zero-order chi connectivity index (χ0) is 23.7. The van der Waals surface area contributed by atoms with Crippen LogP contribution in [0.15, 0.2) is 72.4 Å². The second-order valence-corrected chi connectivity index (χ2v) is 6.95. The summed E-state index contributed by atoms with van der Waals surface area (Å²) in [5, 5.41) is 13.9. The molecule has 0 saturated carbocycles. The SMILES string of the molecule is COc1cccc(NC2=C(c3ccc([N+](=O)[O-])cc3)C(=O)N(c3ccc(F)cc3F)C2=O)c1. The Kier molecular flexibility index (Phi) is 5.57. The molecule has 0 aliphatic carbocycles. The number of non-ortho nitro benzene ring substituents is 1. The van der Waals surface area contributed by atoms with Gasteiger partial charge in [0.1, 0.15) is 23.1 Å². The molecule has 4 rings (SSSR count). The number of nitrogens with zero attached hydrogens (tertiary/aromatic N) is 2. The summed E-state index contributed by atoms with van der Waals surface area (Å²) in [5.41, 5.74) is -0.318. The van der Waals surface area contributed by atoms with Crippen molar-refractivity contribution in [1.29, 1.82) is 0 Å². The van der Waals surface area contributed by atoms with Crippen LogP contribution < -0.4 is 15.0 Å². The third-order valence-corrected chi connectivity index (χ3v) is 4.94. The van der Waals surface area contributed by atoms with Crippen LogP contribution in [0, 0.1) is 21.7 Å².